The van der Waals surface area contributed by atoms with Crippen LogP contribution in [0.5, 0.6) is 0 Å². The highest BCUT2D eigenvalue weighted by Gasteiger charge is 2.27. The smallest absolute Gasteiger partial charge is 0.305 e. The number of carbonyl (C=O) groups is 1. The van der Waals surface area contributed by atoms with Crippen LogP contribution in [0, 0.1) is 11.6 Å². The van der Waals surface area contributed by atoms with Crippen molar-refractivity contribution in [1.29, 1.82) is 0 Å². The van der Waals surface area contributed by atoms with Crippen molar-refractivity contribution in [1.82, 2.24) is 9.13 Å². The van der Waals surface area contributed by atoms with Crippen LogP contribution in [0.2, 0.25) is 0 Å². The van der Waals surface area contributed by atoms with Crippen LogP contribution < -0.4 is 5.56 Å². The summed E-state index contributed by atoms with van der Waals surface area (Å²) in [6, 6.07) is 19.6. The van der Waals surface area contributed by atoms with Crippen LogP contribution in [-0.2, 0) is 17.8 Å². The van der Waals surface area contributed by atoms with Crippen LogP contribution in [0.1, 0.15) is 50.4 Å². The van der Waals surface area contributed by atoms with Crippen molar-refractivity contribution >= 4 is 27.8 Å². The van der Waals surface area contributed by atoms with Gasteiger partial charge in [-0.25, -0.2) is 8.78 Å². The molecule has 2 atom stereocenters. The van der Waals surface area contributed by atoms with E-state index in [9.17, 15) is 28.6 Å². The Kier molecular flexibility index (Phi) is 8.75. The Hall–Kier alpha value is -4.34. The number of rotatable bonds is 11. The fraction of sp³-hybridized carbons (Fsp3) is 0.294. The van der Waals surface area contributed by atoms with Crippen molar-refractivity contribution in [3.8, 4) is 11.1 Å². The number of para-hydroxylation sites is 1. The molecule has 0 saturated heterocycles. The van der Waals surface area contributed by atoms with Gasteiger partial charge >= 0.3 is 5.97 Å². The minimum Gasteiger partial charge on any atom is -0.481 e. The molecular weight excluding hydrogens is 554 g/mol. The molecule has 0 amide bonds. The Morgan fingerprint density at radius 2 is 1.58 bits per heavy atom. The van der Waals surface area contributed by atoms with Gasteiger partial charge < -0.3 is 24.5 Å². The number of halogens is 2. The van der Waals surface area contributed by atoms with Crippen LogP contribution in [0.15, 0.2) is 77.6 Å². The van der Waals surface area contributed by atoms with Gasteiger partial charge in [0, 0.05) is 33.6 Å². The lowest BCUT2D eigenvalue weighted by Gasteiger charge is -2.19. The minimum absolute atomic E-state index is 0.0205. The molecule has 7 nitrogen and oxygen atoms in total. The third-order valence-electron chi connectivity index (χ3n) is 7.82. The van der Waals surface area contributed by atoms with Crippen molar-refractivity contribution in [2.45, 2.75) is 64.3 Å². The summed E-state index contributed by atoms with van der Waals surface area (Å²) in [5, 5.41) is 31.3. The summed E-state index contributed by atoms with van der Waals surface area (Å²) < 4.78 is 32.3. The van der Waals surface area contributed by atoms with Crippen LogP contribution in [-0.4, -0.2) is 42.6 Å². The fourth-order valence-electron chi connectivity index (χ4n) is 5.99. The SMILES string of the molecule is CC(C)n1c(CCC(O)CC(O)CC(=O)O)c(-c2ccc(F)cc2)c2c3ccccc3n(Cc3ccccc3F)c(=O)c21. The van der Waals surface area contributed by atoms with E-state index in [2.05, 4.69) is 0 Å². The van der Waals surface area contributed by atoms with E-state index in [4.69, 9.17) is 5.11 Å². The minimum atomic E-state index is -1.20. The monoisotopic (exact) mass is 588 g/mol. The third-order valence-corrected chi connectivity index (χ3v) is 7.82. The molecule has 0 fully saturated rings. The molecule has 0 bridgehead atoms. The van der Waals surface area contributed by atoms with Gasteiger partial charge in [-0.1, -0.05) is 48.5 Å². The zero-order valence-corrected chi connectivity index (χ0v) is 24.0. The number of aliphatic hydroxyl groups excluding tert-OH is 2. The maximum atomic E-state index is 14.8. The molecule has 0 aliphatic heterocycles. The molecule has 9 heteroatoms. The number of carboxylic acids is 1. The van der Waals surface area contributed by atoms with Gasteiger partial charge in [-0.05, 0) is 62.9 Å². The normalized spacial score (nSPS) is 13.2. The van der Waals surface area contributed by atoms with E-state index in [0.717, 1.165) is 16.6 Å². The van der Waals surface area contributed by atoms with Gasteiger partial charge in [-0.3, -0.25) is 9.59 Å². The Bertz CT molecular complexity index is 1840. The molecule has 3 aromatic carbocycles. The zero-order chi connectivity index (χ0) is 30.8. The number of pyridine rings is 1. The first-order valence-electron chi connectivity index (χ1n) is 14.3. The summed E-state index contributed by atoms with van der Waals surface area (Å²) in [4.78, 5) is 25.4. The first-order valence-corrected chi connectivity index (χ1v) is 14.3. The second kappa shape index (κ2) is 12.5. The van der Waals surface area contributed by atoms with Crippen molar-refractivity contribution in [2.75, 3.05) is 0 Å². The molecule has 0 aliphatic carbocycles. The van der Waals surface area contributed by atoms with E-state index >= 15 is 0 Å². The second-order valence-electron chi connectivity index (χ2n) is 11.2. The number of carboxylic acid groups (broad SMARTS) is 1. The number of hydrogen-bond acceptors (Lipinski definition) is 4. The fourth-order valence-corrected chi connectivity index (χ4v) is 5.99. The van der Waals surface area contributed by atoms with Crippen LogP contribution in [0.3, 0.4) is 0 Å². The van der Waals surface area contributed by atoms with Gasteiger partial charge in [0.15, 0.2) is 0 Å². The number of aliphatic hydroxyl groups is 2. The van der Waals surface area contributed by atoms with E-state index in [1.165, 1.54) is 18.2 Å². The highest BCUT2D eigenvalue weighted by atomic mass is 19.1. The summed E-state index contributed by atoms with van der Waals surface area (Å²) in [6.07, 6.45) is -2.30. The Morgan fingerprint density at radius 3 is 2.26 bits per heavy atom. The summed E-state index contributed by atoms with van der Waals surface area (Å²) in [5.41, 5.74) is 3.27. The highest BCUT2D eigenvalue weighted by molar-refractivity contribution is 6.13. The van der Waals surface area contributed by atoms with Crippen LogP contribution >= 0.6 is 0 Å². The van der Waals surface area contributed by atoms with Gasteiger partial charge in [-0.15, -0.1) is 0 Å². The average molecular weight is 589 g/mol. The molecule has 2 unspecified atom stereocenters. The summed E-state index contributed by atoms with van der Waals surface area (Å²) in [6.45, 7) is 3.91. The summed E-state index contributed by atoms with van der Waals surface area (Å²) >= 11 is 0. The number of hydrogen-bond donors (Lipinski definition) is 3. The molecule has 2 aromatic heterocycles. The topological polar surface area (TPSA) is 105 Å². The van der Waals surface area contributed by atoms with Crippen LogP contribution in [0.25, 0.3) is 32.9 Å². The number of benzene rings is 3. The number of aliphatic carboxylic acids is 1. The Morgan fingerprint density at radius 1 is 0.907 bits per heavy atom. The van der Waals surface area contributed by atoms with E-state index in [-0.39, 0.29) is 31.0 Å². The van der Waals surface area contributed by atoms with Gasteiger partial charge in [0.25, 0.3) is 5.56 Å². The molecular formula is C34H34F2N2O5. The lowest BCUT2D eigenvalue weighted by molar-refractivity contribution is -0.139. The lowest BCUT2D eigenvalue weighted by atomic mass is 9.96. The second-order valence-corrected chi connectivity index (χ2v) is 11.2. The summed E-state index contributed by atoms with van der Waals surface area (Å²) in [5.74, 6) is -1.97. The molecule has 0 radical (unpaired) electrons. The lowest BCUT2D eigenvalue weighted by Crippen LogP contribution is -2.25. The third kappa shape index (κ3) is 6.09. The molecule has 0 saturated carbocycles. The van der Waals surface area contributed by atoms with E-state index in [0.29, 0.717) is 34.0 Å². The van der Waals surface area contributed by atoms with Crippen molar-refractivity contribution < 1.29 is 28.9 Å². The average Bonchev–Trinajstić information content (AvgIpc) is 3.31. The number of aromatic nitrogens is 2. The van der Waals surface area contributed by atoms with Crippen molar-refractivity contribution in [2.24, 2.45) is 0 Å². The Balaban J connectivity index is 1.76. The molecule has 224 valence electrons. The van der Waals surface area contributed by atoms with Crippen LogP contribution in [0.4, 0.5) is 8.78 Å². The maximum Gasteiger partial charge on any atom is 0.305 e. The predicted molar refractivity (Wildman–Crippen MR) is 162 cm³/mol. The van der Waals surface area contributed by atoms with Crippen molar-refractivity contribution in [3.05, 3.63) is 106 Å². The number of fused-ring (bicyclic) bond motifs is 3. The van der Waals surface area contributed by atoms with Gasteiger partial charge in [0.05, 0.1) is 30.7 Å². The van der Waals surface area contributed by atoms with Gasteiger partial charge in [0.2, 0.25) is 0 Å². The van der Waals surface area contributed by atoms with Crippen molar-refractivity contribution in [3.63, 3.8) is 0 Å². The standard InChI is InChI=1S/C34H34F2N2O5/c1-20(2)38-29(16-15-24(39)17-25(40)18-30(41)42)31(21-11-13-23(35)14-12-21)32-26-8-4-6-10-28(26)37(34(43)33(32)38)19-22-7-3-5-9-27(22)36/h3-14,20,24-25,39-40H,15-19H2,1-2H3,(H,41,42). The molecule has 5 aromatic rings. The molecule has 43 heavy (non-hydrogen) atoms. The Labute approximate surface area is 247 Å². The quantitative estimate of drug-likeness (QED) is 0.174. The molecule has 3 N–H and O–H groups in total. The molecule has 5 rings (SSSR count). The predicted octanol–water partition coefficient (Wildman–Crippen LogP) is 6.05. The zero-order valence-electron chi connectivity index (χ0n) is 24.0. The molecule has 0 aliphatic rings. The maximum absolute atomic E-state index is 14.8. The number of nitrogens with zero attached hydrogens (tertiary/aromatic N) is 2. The van der Waals surface area contributed by atoms with Gasteiger partial charge in [0.1, 0.15) is 17.2 Å². The first-order chi connectivity index (χ1) is 20.6. The molecule has 0 spiro atoms. The van der Waals surface area contributed by atoms with Gasteiger partial charge in [-0.2, -0.15) is 0 Å². The van der Waals surface area contributed by atoms with E-state index in [1.54, 1.807) is 34.9 Å². The highest BCUT2D eigenvalue weighted by Crippen LogP contribution is 2.40. The van der Waals surface area contributed by atoms with E-state index in [1.807, 2.05) is 42.7 Å². The van der Waals surface area contributed by atoms with E-state index < -0.39 is 36.2 Å². The summed E-state index contributed by atoms with van der Waals surface area (Å²) in [7, 11) is 0. The largest absolute Gasteiger partial charge is 0.481 e. The first kappa shape index (κ1) is 30.1. The molecule has 2 heterocycles.